The van der Waals surface area contributed by atoms with Crippen LogP contribution in [-0.4, -0.2) is 11.5 Å². The maximum atomic E-state index is 13.7. The highest BCUT2D eigenvalue weighted by Gasteiger charge is 2.28. The lowest BCUT2D eigenvalue weighted by Gasteiger charge is -2.28. The molecule has 3 rings (SSSR count). The van der Waals surface area contributed by atoms with Crippen molar-refractivity contribution < 1.29 is 4.39 Å². The summed E-state index contributed by atoms with van der Waals surface area (Å²) in [7, 11) is 0. The predicted octanol–water partition coefficient (Wildman–Crippen LogP) is 3.80. The van der Waals surface area contributed by atoms with Gasteiger partial charge in [0.05, 0.1) is 22.4 Å². The maximum Gasteiger partial charge on any atom is 0.144 e. The van der Waals surface area contributed by atoms with Gasteiger partial charge in [0.15, 0.2) is 0 Å². The Bertz CT molecular complexity index is 618. The highest BCUT2D eigenvalue weighted by atomic mass is 35.5. The van der Waals surface area contributed by atoms with E-state index in [0.717, 1.165) is 19.4 Å². The molecule has 2 N–H and O–H groups in total. The van der Waals surface area contributed by atoms with Crippen molar-refractivity contribution >= 4 is 23.0 Å². The van der Waals surface area contributed by atoms with Gasteiger partial charge in [-0.15, -0.1) is 0 Å². The molecule has 1 aliphatic heterocycles. The summed E-state index contributed by atoms with van der Waals surface area (Å²) in [6.45, 7) is 0.859. The van der Waals surface area contributed by atoms with Gasteiger partial charge in [-0.05, 0) is 36.6 Å². The number of halogens is 2. The van der Waals surface area contributed by atoms with Crippen molar-refractivity contribution in [3.63, 3.8) is 0 Å². The van der Waals surface area contributed by atoms with E-state index >= 15 is 0 Å². The number of nitrogens with two attached hydrogens (primary N) is 1. The number of nitrogen functional groups attached to an aromatic ring is 1. The van der Waals surface area contributed by atoms with Crippen molar-refractivity contribution in [3.05, 3.63) is 53.1 Å². The highest BCUT2D eigenvalue weighted by molar-refractivity contribution is 6.31. The Kier molecular flexibility index (Phi) is 3.49. The quantitative estimate of drug-likeness (QED) is 0.856. The Balaban J connectivity index is 1.99. The fourth-order valence-corrected chi connectivity index (χ4v) is 2.96. The Labute approximate surface area is 122 Å². The van der Waals surface area contributed by atoms with Gasteiger partial charge in [-0.3, -0.25) is 4.98 Å². The minimum Gasteiger partial charge on any atom is -0.397 e. The van der Waals surface area contributed by atoms with E-state index in [1.807, 2.05) is 12.1 Å². The van der Waals surface area contributed by atoms with Crippen LogP contribution < -0.4 is 10.6 Å². The van der Waals surface area contributed by atoms with Crippen molar-refractivity contribution in [2.24, 2.45) is 0 Å². The van der Waals surface area contributed by atoms with Gasteiger partial charge in [-0.1, -0.05) is 11.6 Å². The van der Waals surface area contributed by atoms with Gasteiger partial charge >= 0.3 is 0 Å². The van der Waals surface area contributed by atoms with Crippen LogP contribution in [0.3, 0.4) is 0 Å². The number of nitrogens with zero attached hydrogens (tertiary/aromatic N) is 2. The van der Waals surface area contributed by atoms with Crippen LogP contribution in [0.4, 0.5) is 15.8 Å². The van der Waals surface area contributed by atoms with Gasteiger partial charge < -0.3 is 10.6 Å². The normalized spacial score (nSPS) is 18.5. The minimum atomic E-state index is -0.434. The zero-order valence-electron chi connectivity index (χ0n) is 10.9. The third kappa shape index (κ3) is 2.31. The first-order valence-electron chi connectivity index (χ1n) is 6.58. The number of hydrogen-bond donors (Lipinski definition) is 1. The van der Waals surface area contributed by atoms with E-state index in [2.05, 4.69) is 9.88 Å². The van der Waals surface area contributed by atoms with Crippen LogP contribution in [0.5, 0.6) is 0 Å². The number of rotatable bonds is 2. The van der Waals surface area contributed by atoms with Crippen molar-refractivity contribution in [2.45, 2.75) is 18.9 Å². The smallest absolute Gasteiger partial charge is 0.144 e. The molecule has 0 amide bonds. The molecule has 0 aliphatic carbocycles. The van der Waals surface area contributed by atoms with E-state index in [-0.39, 0.29) is 11.1 Å². The molecule has 0 bridgehead atoms. The number of benzene rings is 1. The SMILES string of the molecule is Nc1cc(Cl)c(F)cc1N1CCCC1c1ccncc1. The first-order chi connectivity index (χ1) is 9.66. The number of pyridine rings is 1. The predicted molar refractivity (Wildman–Crippen MR) is 79.4 cm³/mol. The first kappa shape index (κ1) is 13.2. The van der Waals surface area contributed by atoms with Crippen LogP contribution in [0.25, 0.3) is 0 Å². The van der Waals surface area contributed by atoms with Crippen LogP contribution in [-0.2, 0) is 0 Å². The molecule has 2 aromatic rings. The summed E-state index contributed by atoms with van der Waals surface area (Å²) in [4.78, 5) is 6.18. The molecule has 1 aromatic heterocycles. The molecule has 0 saturated carbocycles. The third-order valence-corrected chi connectivity index (χ3v) is 4.01. The summed E-state index contributed by atoms with van der Waals surface area (Å²) in [6, 6.07) is 7.10. The first-order valence-corrected chi connectivity index (χ1v) is 6.95. The molecule has 20 heavy (non-hydrogen) atoms. The summed E-state index contributed by atoms with van der Waals surface area (Å²) in [5, 5.41) is 0.0610. The summed E-state index contributed by atoms with van der Waals surface area (Å²) < 4.78 is 13.7. The third-order valence-electron chi connectivity index (χ3n) is 3.72. The van der Waals surface area contributed by atoms with Crippen LogP contribution in [0.15, 0.2) is 36.7 Å². The van der Waals surface area contributed by atoms with Crippen LogP contribution >= 0.6 is 11.6 Å². The molecule has 1 saturated heterocycles. The standard InChI is InChI=1S/C15H15ClFN3/c16-11-8-13(18)15(9-12(11)17)20-7-1-2-14(20)10-3-5-19-6-4-10/h3-6,8-9,14H,1-2,7,18H2. The fraction of sp³-hybridized carbons (Fsp3) is 0.267. The van der Waals surface area contributed by atoms with Crippen LogP contribution in [0.1, 0.15) is 24.4 Å². The molecule has 0 spiro atoms. The molecule has 1 fully saturated rings. The second kappa shape index (κ2) is 5.29. The molecule has 1 atom stereocenters. The lowest BCUT2D eigenvalue weighted by molar-refractivity contribution is 0.626. The fourth-order valence-electron chi connectivity index (χ4n) is 2.79. The van der Waals surface area contributed by atoms with E-state index in [4.69, 9.17) is 17.3 Å². The molecule has 104 valence electrons. The summed E-state index contributed by atoms with van der Waals surface area (Å²) in [6.07, 6.45) is 5.62. The second-order valence-corrected chi connectivity index (χ2v) is 5.36. The van der Waals surface area contributed by atoms with Gasteiger partial charge in [0.2, 0.25) is 0 Å². The van der Waals surface area contributed by atoms with E-state index in [9.17, 15) is 4.39 Å². The molecular weight excluding hydrogens is 277 g/mol. The Morgan fingerprint density at radius 2 is 2.05 bits per heavy atom. The zero-order chi connectivity index (χ0) is 14.1. The van der Waals surface area contributed by atoms with E-state index in [0.29, 0.717) is 11.4 Å². The Hall–Kier alpha value is -1.81. The highest BCUT2D eigenvalue weighted by Crippen LogP contribution is 2.39. The minimum absolute atomic E-state index is 0.0610. The summed E-state index contributed by atoms with van der Waals surface area (Å²) in [5.41, 5.74) is 8.40. The van der Waals surface area contributed by atoms with E-state index in [1.54, 1.807) is 12.4 Å². The Morgan fingerprint density at radius 1 is 1.30 bits per heavy atom. The van der Waals surface area contributed by atoms with Crippen molar-refractivity contribution in [1.29, 1.82) is 0 Å². The topological polar surface area (TPSA) is 42.1 Å². The molecule has 1 aromatic carbocycles. The molecule has 5 heteroatoms. The number of hydrogen-bond acceptors (Lipinski definition) is 3. The average molecular weight is 292 g/mol. The summed E-state index contributed by atoms with van der Waals surface area (Å²) >= 11 is 5.76. The lowest BCUT2D eigenvalue weighted by Crippen LogP contribution is -2.23. The van der Waals surface area contributed by atoms with Gasteiger partial charge in [-0.2, -0.15) is 0 Å². The van der Waals surface area contributed by atoms with Crippen molar-refractivity contribution in [3.8, 4) is 0 Å². The monoisotopic (exact) mass is 291 g/mol. The number of aromatic nitrogens is 1. The molecule has 2 heterocycles. The van der Waals surface area contributed by atoms with Gasteiger partial charge in [0.1, 0.15) is 5.82 Å². The second-order valence-electron chi connectivity index (χ2n) is 4.96. The average Bonchev–Trinajstić information content (AvgIpc) is 2.93. The zero-order valence-corrected chi connectivity index (χ0v) is 11.6. The van der Waals surface area contributed by atoms with Gasteiger partial charge in [-0.25, -0.2) is 4.39 Å². The Morgan fingerprint density at radius 3 is 2.80 bits per heavy atom. The maximum absolute atomic E-state index is 13.7. The van der Waals surface area contributed by atoms with Gasteiger partial charge in [0, 0.05) is 25.0 Å². The van der Waals surface area contributed by atoms with Crippen molar-refractivity contribution in [2.75, 3.05) is 17.2 Å². The molecule has 1 aliphatic rings. The molecular formula is C15H15ClFN3. The number of anilines is 2. The molecule has 3 nitrogen and oxygen atoms in total. The summed E-state index contributed by atoms with van der Waals surface area (Å²) in [5.74, 6) is -0.434. The van der Waals surface area contributed by atoms with Crippen molar-refractivity contribution in [1.82, 2.24) is 4.98 Å². The van der Waals surface area contributed by atoms with E-state index < -0.39 is 5.82 Å². The molecule has 0 radical (unpaired) electrons. The van der Waals surface area contributed by atoms with E-state index in [1.165, 1.54) is 17.7 Å². The van der Waals surface area contributed by atoms with Crippen LogP contribution in [0, 0.1) is 5.82 Å². The van der Waals surface area contributed by atoms with Gasteiger partial charge in [0.25, 0.3) is 0 Å². The van der Waals surface area contributed by atoms with Crippen LogP contribution in [0.2, 0.25) is 5.02 Å². The largest absolute Gasteiger partial charge is 0.397 e. The lowest BCUT2D eigenvalue weighted by atomic mass is 10.1. The molecule has 1 unspecified atom stereocenters.